The molecule has 2 saturated heterocycles. The number of hydrogen-bond donors (Lipinski definition) is 1. The summed E-state index contributed by atoms with van der Waals surface area (Å²) in [6.07, 6.45) is 0.149. The van der Waals surface area contributed by atoms with Crippen molar-refractivity contribution in [2.45, 2.75) is 45.0 Å². The van der Waals surface area contributed by atoms with E-state index in [2.05, 4.69) is 0 Å². The first kappa shape index (κ1) is 10.9. The van der Waals surface area contributed by atoms with Crippen LogP contribution < -0.4 is 0 Å². The third-order valence-corrected chi connectivity index (χ3v) is 3.27. The van der Waals surface area contributed by atoms with Crippen molar-refractivity contribution in [2.75, 3.05) is 13.2 Å². The highest BCUT2D eigenvalue weighted by Crippen LogP contribution is 2.37. The van der Waals surface area contributed by atoms with Crippen molar-refractivity contribution in [1.82, 2.24) is 9.96 Å². The van der Waals surface area contributed by atoms with Crippen LogP contribution in [0.4, 0.5) is 0 Å². The van der Waals surface area contributed by atoms with Crippen LogP contribution in [0.5, 0.6) is 0 Å². The minimum atomic E-state index is -0.849. The molecule has 0 saturated carbocycles. The molecule has 0 bridgehead atoms. The summed E-state index contributed by atoms with van der Waals surface area (Å²) in [4.78, 5) is 13.8. The van der Waals surface area contributed by atoms with Gasteiger partial charge in [0.1, 0.15) is 11.2 Å². The molecule has 1 atom stereocenters. The molecule has 2 fully saturated rings. The minimum absolute atomic E-state index is 0.0505. The first-order chi connectivity index (χ1) is 6.78. The van der Waals surface area contributed by atoms with Crippen molar-refractivity contribution in [3.05, 3.63) is 0 Å². The number of rotatable bonds is 2. The molecule has 2 rings (SSSR count). The number of carbonyl (C=O) groups is 1. The van der Waals surface area contributed by atoms with E-state index in [1.54, 1.807) is 18.7 Å². The molecule has 5 heteroatoms. The lowest BCUT2D eigenvalue weighted by molar-refractivity contribution is -0.210. The van der Waals surface area contributed by atoms with Gasteiger partial charge in [-0.1, -0.05) is 0 Å². The highest BCUT2D eigenvalue weighted by Gasteiger charge is 2.57. The van der Waals surface area contributed by atoms with Gasteiger partial charge >= 0.3 is 0 Å². The fourth-order valence-electron chi connectivity index (χ4n) is 2.15. The monoisotopic (exact) mass is 214 g/mol. The van der Waals surface area contributed by atoms with Gasteiger partial charge in [0, 0.05) is 0 Å². The van der Waals surface area contributed by atoms with Crippen LogP contribution in [0, 0.1) is 0 Å². The van der Waals surface area contributed by atoms with Gasteiger partial charge in [0.15, 0.2) is 0 Å². The molecule has 1 N–H and O–H groups in total. The molecule has 2 heterocycles. The maximum Gasteiger partial charge on any atom is 0.246 e. The molecular weight excluding hydrogens is 196 g/mol. The molecule has 0 aromatic rings. The second-order valence-corrected chi connectivity index (χ2v) is 5.24. The number of amides is 1. The second kappa shape index (κ2) is 2.93. The van der Waals surface area contributed by atoms with Crippen LogP contribution in [-0.2, 0) is 9.53 Å². The van der Waals surface area contributed by atoms with E-state index in [0.717, 1.165) is 5.06 Å². The predicted octanol–water partition coefficient (Wildman–Crippen LogP) is 0.433. The maximum absolute atomic E-state index is 12.1. The molecule has 0 aliphatic carbocycles. The van der Waals surface area contributed by atoms with E-state index in [-0.39, 0.29) is 12.0 Å². The molecule has 5 nitrogen and oxygen atoms in total. The molecule has 0 radical (unpaired) electrons. The van der Waals surface area contributed by atoms with Gasteiger partial charge in [-0.2, -0.15) is 5.06 Å². The molecular formula is C10H18N2O3. The molecule has 0 aromatic heterocycles. The fraction of sp³-hybridized carbons (Fsp3) is 0.900. The van der Waals surface area contributed by atoms with Gasteiger partial charge in [-0.15, -0.1) is 0 Å². The summed E-state index contributed by atoms with van der Waals surface area (Å²) in [5.41, 5.74) is -1.51. The van der Waals surface area contributed by atoms with Crippen LogP contribution in [0.3, 0.4) is 0 Å². The normalized spacial score (nSPS) is 33.5. The Hall–Kier alpha value is -0.650. The van der Waals surface area contributed by atoms with Crippen molar-refractivity contribution in [3.63, 3.8) is 0 Å². The van der Waals surface area contributed by atoms with Crippen molar-refractivity contribution in [1.29, 1.82) is 0 Å². The first-order valence-electron chi connectivity index (χ1n) is 5.21. The molecule has 2 aliphatic rings. The largest absolute Gasteiger partial charge is 0.371 e. The first-order valence-corrected chi connectivity index (χ1v) is 5.21. The maximum atomic E-state index is 12.1. The van der Waals surface area contributed by atoms with Gasteiger partial charge in [0.05, 0.1) is 19.3 Å². The summed E-state index contributed by atoms with van der Waals surface area (Å²) in [6.45, 7) is 8.40. The Bertz CT molecular complexity index is 297. The van der Waals surface area contributed by atoms with Crippen LogP contribution in [0.15, 0.2) is 0 Å². The molecule has 2 aliphatic heterocycles. The summed E-state index contributed by atoms with van der Waals surface area (Å²) in [7, 11) is 0. The SMILES string of the molecule is CC1(C)C(=O)N(CC2CO2)C(C)(C)N1O. The van der Waals surface area contributed by atoms with Crippen molar-refractivity contribution >= 4 is 5.91 Å². The van der Waals surface area contributed by atoms with Gasteiger partial charge in [-0.25, -0.2) is 0 Å². The van der Waals surface area contributed by atoms with Crippen molar-refractivity contribution < 1.29 is 14.7 Å². The van der Waals surface area contributed by atoms with E-state index < -0.39 is 11.2 Å². The smallest absolute Gasteiger partial charge is 0.246 e. The number of carbonyl (C=O) groups excluding carboxylic acids is 1. The van der Waals surface area contributed by atoms with E-state index in [4.69, 9.17) is 4.74 Å². The van der Waals surface area contributed by atoms with Crippen molar-refractivity contribution in [2.24, 2.45) is 0 Å². The van der Waals surface area contributed by atoms with Crippen LogP contribution in [0.2, 0.25) is 0 Å². The standard InChI is InChI=1S/C10H18N2O3/c1-9(2)8(13)11(5-7-6-15-7)10(3,4)12(9)14/h7,14H,5-6H2,1-4H3. The van der Waals surface area contributed by atoms with Gasteiger partial charge in [-0.05, 0) is 27.7 Å². The summed E-state index contributed by atoms with van der Waals surface area (Å²) in [5, 5.41) is 11.1. The number of hydroxylamine groups is 2. The topological polar surface area (TPSA) is 56.3 Å². The Kier molecular flexibility index (Phi) is 2.12. The zero-order valence-electron chi connectivity index (χ0n) is 9.65. The second-order valence-electron chi connectivity index (χ2n) is 5.24. The molecule has 86 valence electrons. The van der Waals surface area contributed by atoms with E-state index in [1.165, 1.54) is 0 Å². The lowest BCUT2D eigenvalue weighted by atomic mass is 10.1. The van der Waals surface area contributed by atoms with Gasteiger partial charge in [-0.3, -0.25) is 4.79 Å². The quantitative estimate of drug-likeness (QED) is 0.677. The van der Waals surface area contributed by atoms with E-state index >= 15 is 0 Å². The predicted molar refractivity (Wildman–Crippen MR) is 53.2 cm³/mol. The van der Waals surface area contributed by atoms with Gasteiger partial charge in [0.25, 0.3) is 0 Å². The number of nitrogens with zero attached hydrogens (tertiary/aromatic N) is 2. The highest BCUT2D eigenvalue weighted by molar-refractivity contribution is 5.88. The van der Waals surface area contributed by atoms with Crippen LogP contribution in [0.1, 0.15) is 27.7 Å². The Labute approximate surface area is 89.6 Å². The zero-order chi connectivity index (χ0) is 11.4. The van der Waals surface area contributed by atoms with Gasteiger partial charge in [0.2, 0.25) is 5.91 Å². The molecule has 1 amide bonds. The third kappa shape index (κ3) is 1.46. The summed E-state index contributed by atoms with van der Waals surface area (Å²) in [6, 6.07) is 0. The summed E-state index contributed by atoms with van der Waals surface area (Å²) in [5.74, 6) is -0.0505. The van der Waals surface area contributed by atoms with Crippen LogP contribution >= 0.6 is 0 Å². The van der Waals surface area contributed by atoms with Gasteiger partial charge < -0.3 is 14.8 Å². The molecule has 15 heavy (non-hydrogen) atoms. The lowest BCUT2D eigenvalue weighted by Gasteiger charge is -2.35. The number of epoxide rings is 1. The Balaban J connectivity index is 2.25. The number of ether oxygens (including phenoxy) is 1. The number of hydrogen-bond acceptors (Lipinski definition) is 4. The molecule has 0 aromatic carbocycles. The van der Waals surface area contributed by atoms with Crippen molar-refractivity contribution in [3.8, 4) is 0 Å². The van der Waals surface area contributed by atoms with E-state index in [0.29, 0.717) is 13.2 Å². The molecule has 1 unspecified atom stereocenters. The highest BCUT2D eigenvalue weighted by atomic mass is 16.6. The fourth-order valence-corrected chi connectivity index (χ4v) is 2.15. The Morgan fingerprint density at radius 3 is 2.33 bits per heavy atom. The Morgan fingerprint density at radius 1 is 1.47 bits per heavy atom. The average molecular weight is 214 g/mol. The van der Waals surface area contributed by atoms with E-state index in [1.807, 2.05) is 13.8 Å². The van der Waals surface area contributed by atoms with E-state index in [9.17, 15) is 10.0 Å². The summed E-state index contributed by atoms with van der Waals surface area (Å²) >= 11 is 0. The Morgan fingerprint density at radius 2 is 2.00 bits per heavy atom. The molecule has 0 spiro atoms. The minimum Gasteiger partial charge on any atom is -0.371 e. The lowest BCUT2D eigenvalue weighted by Crippen LogP contribution is -2.50. The van der Waals surface area contributed by atoms with Crippen LogP contribution in [-0.4, -0.2) is 51.5 Å². The third-order valence-electron chi connectivity index (χ3n) is 3.27. The zero-order valence-corrected chi connectivity index (χ0v) is 9.65. The summed E-state index contributed by atoms with van der Waals surface area (Å²) < 4.78 is 5.12. The average Bonchev–Trinajstić information content (AvgIpc) is 2.92. The van der Waals surface area contributed by atoms with Crippen LogP contribution in [0.25, 0.3) is 0 Å².